The van der Waals surface area contributed by atoms with Gasteiger partial charge >= 0.3 is 0 Å². The number of rotatable bonds is 5. The number of nitrogens with zero attached hydrogens (tertiary/aromatic N) is 2. The molecule has 1 aliphatic carbocycles. The Balaban J connectivity index is 0.00000225. The second kappa shape index (κ2) is 8.49. The SMILES string of the molecule is COc1ccccc1-c1noc(C(C)NC(=O)[C@@]23CCCC[C@H]2CNC3)n1.Cl. The van der Waals surface area contributed by atoms with E-state index in [1.54, 1.807) is 7.11 Å². The maximum absolute atomic E-state index is 13.1. The van der Waals surface area contributed by atoms with Crippen LogP contribution in [0.3, 0.4) is 0 Å². The Morgan fingerprint density at radius 3 is 3.04 bits per heavy atom. The van der Waals surface area contributed by atoms with Crippen LogP contribution in [0.1, 0.15) is 44.5 Å². The molecule has 2 N–H and O–H groups in total. The second-order valence-corrected chi connectivity index (χ2v) is 7.58. The highest BCUT2D eigenvalue weighted by atomic mass is 35.5. The number of hydrogen-bond acceptors (Lipinski definition) is 6. The van der Waals surface area contributed by atoms with E-state index in [0.29, 0.717) is 23.4 Å². The molecule has 1 aromatic heterocycles. The quantitative estimate of drug-likeness (QED) is 0.792. The van der Waals surface area contributed by atoms with Gasteiger partial charge in [0, 0.05) is 6.54 Å². The van der Waals surface area contributed by atoms with E-state index in [9.17, 15) is 4.79 Å². The monoisotopic (exact) mass is 406 g/mol. The standard InChI is InChI=1S/C20H26N4O3.ClH/c1-13(22-19(25)20-10-6-5-7-14(20)11-21-12-20)18-23-17(24-27-18)15-8-3-4-9-16(15)26-2;/h3-4,8-9,13-14,21H,5-7,10-12H2,1-2H3,(H,22,25);1H/t13?,14-,20+;/m0./s1. The highest BCUT2D eigenvalue weighted by molar-refractivity contribution is 5.85. The molecule has 2 fully saturated rings. The van der Waals surface area contributed by atoms with Crippen LogP contribution in [-0.2, 0) is 4.79 Å². The lowest BCUT2D eigenvalue weighted by molar-refractivity contribution is -0.134. The molecule has 3 atom stereocenters. The fourth-order valence-electron chi connectivity index (χ4n) is 4.44. The first-order valence-electron chi connectivity index (χ1n) is 9.63. The lowest BCUT2D eigenvalue weighted by atomic mass is 9.67. The van der Waals surface area contributed by atoms with Gasteiger partial charge in [-0.3, -0.25) is 4.79 Å². The van der Waals surface area contributed by atoms with Gasteiger partial charge in [0.15, 0.2) is 0 Å². The number of nitrogens with one attached hydrogen (secondary N) is 2. The molecule has 1 amide bonds. The number of benzene rings is 1. The molecule has 1 saturated heterocycles. The van der Waals surface area contributed by atoms with Gasteiger partial charge in [0.1, 0.15) is 11.8 Å². The summed E-state index contributed by atoms with van der Waals surface area (Å²) in [4.78, 5) is 17.6. The van der Waals surface area contributed by atoms with Crippen molar-refractivity contribution >= 4 is 18.3 Å². The van der Waals surface area contributed by atoms with E-state index in [0.717, 1.165) is 37.9 Å². The molecule has 2 aromatic rings. The minimum Gasteiger partial charge on any atom is -0.496 e. The first kappa shape index (κ1) is 20.6. The number of carbonyl (C=O) groups is 1. The smallest absolute Gasteiger partial charge is 0.249 e. The summed E-state index contributed by atoms with van der Waals surface area (Å²) in [6.45, 7) is 3.57. The predicted molar refractivity (Wildman–Crippen MR) is 107 cm³/mol. The van der Waals surface area contributed by atoms with Gasteiger partial charge in [0.25, 0.3) is 0 Å². The largest absolute Gasteiger partial charge is 0.496 e. The number of para-hydroxylation sites is 1. The normalized spacial score (nSPS) is 24.7. The number of ether oxygens (including phenoxy) is 1. The van der Waals surface area contributed by atoms with Crippen molar-refractivity contribution in [2.75, 3.05) is 20.2 Å². The van der Waals surface area contributed by atoms with Crippen LogP contribution in [0, 0.1) is 11.3 Å². The first-order chi connectivity index (χ1) is 13.1. The third-order valence-electron chi connectivity index (χ3n) is 6.00. The topological polar surface area (TPSA) is 89.3 Å². The number of hydrogen-bond donors (Lipinski definition) is 2. The van der Waals surface area contributed by atoms with Crippen LogP contribution in [0.25, 0.3) is 11.4 Å². The van der Waals surface area contributed by atoms with E-state index in [4.69, 9.17) is 9.26 Å². The minimum atomic E-state index is -0.342. The lowest BCUT2D eigenvalue weighted by Gasteiger charge is -2.37. The van der Waals surface area contributed by atoms with E-state index in [1.165, 1.54) is 6.42 Å². The summed E-state index contributed by atoms with van der Waals surface area (Å²) < 4.78 is 10.8. The highest BCUT2D eigenvalue weighted by Gasteiger charge is 2.50. The Kier molecular flexibility index (Phi) is 6.25. The molecule has 1 aliphatic heterocycles. The van der Waals surface area contributed by atoms with Crippen molar-refractivity contribution < 1.29 is 14.1 Å². The number of halogens is 1. The molecule has 8 heteroatoms. The van der Waals surface area contributed by atoms with Crippen molar-refractivity contribution in [2.24, 2.45) is 11.3 Å². The maximum Gasteiger partial charge on any atom is 0.249 e. The van der Waals surface area contributed by atoms with Gasteiger partial charge in [-0.15, -0.1) is 12.4 Å². The number of fused-ring (bicyclic) bond motifs is 1. The second-order valence-electron chi connectivity index (χ2n) is 7.58. The number of amides is 1. The van der Waals surface area contributed by atoms with Crippen LogP contribution in [-0.4, -0.2) is 36.2 Å². The zero-order valence-electron chi connectivity index (χ0n) is 16.2. The molecule has 7 nitrogen and oxygen atoms in total. The van der Waals surface area contributed by atoms with E-state index in [2.05, 4.69) is 20.8 Å². The predicted octanol–water partition coefficient (Wildman–Crippen LogP) is 3.12. The molecule has 0 bridgehead atoms. The van der Waals surface area contributed by atoms with E-state index >= 15 is 0 Å². The van der Waals surface area contributed by atoms with Gasteiger partial charge in [0.05, 0.1) is 18.1 Å². The summed E-state index contributed by atoms with van der Waals surface area (Å²) in [6, 6.07) is 7.18. The van der Waals surface area contributed by atoms with Crippen LogP contribution in [0.5, 0.6) is 5.75 Å². The van der Waals surface area contributed by atoms with Crippen molar-refractivity contribution in [1.29, 1.82) is 0 Å². The molecule has 4 rings (SSSR count). The Hall–Kier alpha value is -2.12. The summed E-state index contributed by atoms with van der Waals surface area (Å²) in [6.07, 6.45) is 4.38. The number of carbonyl (C=O) groups excluding carboxylic acids is 1. The molecule has 28 heavy (non-hydrogen) atoms. The minimum absolute atomic E-state index is 0. The Morgan fingerprint density at radius 1 is 1.39 bits per heavy atom. The van der Waals surface area contributed by atoms with Gasteiger partial charge in [-0.25, -0.2) is 0 Å². The lowest BCUT2D eigenvalue weighted by Crippen LogP contribution is -2.48. The van der Waals surface area contributed by atoms with E-state index < -0.39 is 0 Å². The van der Waals surface area contributed by atoms with Crippen molar-refractivity contribution in [3.63, 3.8) is 0 Å². The van der Waals surface area contributed by atoms with Crippen LogP contribution in [0.2, 0.25) is 0 Å². The molecule has 1 saturated carbocycles. The molecule has 2 heterocycles. The Morgan fingerprint density at radius 2 is 2.21 bits per heavy atom. The molecular formula is C20H27ClN4O3. The number of methoxy groups -OCH3 is 1. The van der Waals surface area contributed by atoms with Gasteiger partial charge in [-0.1, -0.05) is 30.1 Å². The van der Waals surface area contributed by atoms with E-state index in [-0.39, 0.29) is 29.8 Å². The molecule has 0 spiro atoms. The fourth-order valence-corrected chi connectivity index (χ4v) is 4.44. The van der Waals surface area contributed by atoms with Crippen LogP contribution >= 0.6 is 12.4 Å². The average Bonchev–Trinajstić information content (AvgIpc) is 3.35. The van der Waals surface area contributed by atoms with Crippen molar-refractivity contribution in [1.82, 2.24) is 20.8 Å². The van der Waals surface area contributed by atoms with E-state index in [1.807, 2.05) is 31.2 Å². The summed E-state index contributed by atoms with van der Waals surface area (Å²) in [5.74, 6) is 2.06. The molecule has 1 aromatic carbocycles. The molecule has 1 unspecified atom stereocenters. The molecule has 2 aliphatic rings. The fraction of sp³-hybridized carbons (Fsp3) is 0.550. The first-order valence-corrected chi connectivity index (χ1v) is 9.63. The van der Waals surface area contributed by atoms with Gasteiger partial charge < -0.3 is 19.9 Å². The Bertz CT molecular complexity index is 827. The van der Waals surface area contributed by atoms with Crippen molar-refractivity contribution in [3.8, 4) is 17.1 Å². The zero-order chi connectivity index (χ0) is 18.9. The van der Waals surface area contributed by atoms with Crippen LogP contribution < -0.4 is 15.4 Å². The summed E-state index contributed by atoms with van der Waals surface area (Å²) >= 11 is 0. The summed E-state index contributed by atoms with van der Waals surface area (Å²) in [7, 11) is 1.61. The molecule has 152 valence electrons. The van der Waals surface area contributed by atoms with Crippen molar-refractivity contribution in [3.05, 3.63) is 30.2 Å². The van der Waals surface area contributed by atoms with Crippen LogP contribution in [0.4, 0.5) is 0 Å². The maximum atomic E-state index is 13.1. The average molecular weight is 407 g/mol. The summed E-state index contributed by atoms with van der Waals surface area (Å²) in [5.41, 5.74) is 0.470. The number of aromatic nitrogens is 2. The van der Waals surface area contributed by atoms with Gasteiger partial charge in [-0.05, 0) is 44.4 Å². The third kappa shape index (κ3) is 3.61. The zero-order valence-corrected chi connectivity index (χ0v) is 17.1. The molecular weight excluding hydrogens is 380 g/mol. The van der Waals surface area contributed by atoms with Gasteiger partial charge in [-0.2, -0.15) is 4.98 Å². The van der Waals surface area contributed by atoms with Gasteiger partial charge in [0.2, 0.25) is 17.6 Å². The summed E-state index contributed by atoms with van der Waals surface area (Å²) in [5, 5.41) is 10.6. The highest BCUT2D eigenvalue weighted by Crippen LogP contribution is 2.44. The molecule has 0 radical (unpaired) electrons. The Labute approximate surface area is 171 Å². The third-order valence-corrected chi connectivity index (χ3v) is 6.00. The van der Waals surface area contributed by atoms with Crippen LogP contribution in [0.15, 0.2) is 28.8 Å². The van der Waals surface area contributed by atoms with Crippen molar-refractivity contribution in [2.45, 2.75) is 38.6 Å².